The Kier molecular flexibility index (Phi) is 5.15. The van der Waals surface area contributed by atoms with Gasteiger partial charge >= 0.3 is 0 Å². The number of nitrogens with one attached hydrogen (secondary N) is 1. The molecule has 0 aliphatic rings. The van der Waals surface area contributed by atoms with E-state index in [2.05, 4.69) is 5.32 Å². The van der Waals surface area contributed by atoms with Gasteiger partial charge in [-0.1, -0.05) is 0 Å². The predicted octanol–water partition coefficient (Wildman–Crippen LogP) is 1.16. The fraction of sp³-hybridized carbons (Fsp3) is 0.417. The molecular weight excluding hydrogens is 236 g/mol. The maximum absolute atomic E-state index is 11.8. The quantitative estimate of drug-likeness (QED) is 0.774. The van der Waals surface area contributed by atoms with Crippen LogP contribution in [0.25, 0.3) is 0 Å². The first-order valence-corrected chi connectivity index (χ1v) is 7.18. The maximum Gasteiger partial charge on any atom is 0.251 e. The van der Waals surface area contributed by atoms with Crippen molar-refractivity contribution in [3.05, 3.63) is 29.8 Å². The monoisotopic (exact) mass is 254 g/mol. The Hall–Kier alpha value is -1.36. The van der Waals surface area contributed by atoms with Crippen LogP contribution in [0.1, 0.15) is 23.7 Å². The summed E-state index contributed by atoms with van der Waals surface area (Å²) in [6, 6.07) is 6.79. The van der Waals surface area contributed by atoms with Gasteiger partial charge in [-0.3, -0.25) is 9.00 Å². The molecule has 0 saturated carbocycles. The summed E-state index contributed by atoms with van der Waals surface area (Å²) < 4.78 is 10.9. The maximum atomic E-state index is 11.8. The molecule has 0 bridgehead atoms. The van der Waals surface area contributed by atoms with E-state index in [1.807, 2.05) is 6.92 Å². The first-order valence-electron chi connectivity index (χ1n) is 5.45. The second-order valence-electron chi connectivity index (χ2n) is 4.06. The third-order valence-corrected chi connectivity index (χ3v) is 3.20. The van der Waals surface area contributed by atoms with E-state index in [1.165, 1.54) is 0 Å². The molecule has 1 aromatic rings. The van der Waals surface area contributed by atoms with Gasteiger partial charge in [0, 0.05) is 40.1 Å². The molecular formula is C12H18N2O2S. The average molecular weight is 254 g/mol. The van der Waals surface area contributed by atoms with Gasteiger partial charge in [0.2, 0.25) is 0 Å². The van der Waals surface area contributed by atoms with Crippen molar-refractivity contribution in [2.45, 2.75) is 19.4 Å². The Morgan fingerprint density at radius 3 is 2.53 bits per heavy atom. The van der Waals surface area contributed by atoms with Crippen molar-refractivity contribution in [1.29, 1.82) is 0 Å². The molecule has 0 aliphatic heterocycles. The van der Waals surface area contributed by atoms with Crippen LogP contribution in [-0.2, 0) is 10.8 Å². The van der Waals surface area contributed by atoms with E-state index in [-0.39, 0.29) is 11.9 Å². The fourth-order valence-corrected chi connectivity index (χ4v) is 2.04. The largest absolute Gasteiger partial charge is 0.399 e. The zero-order chi connectivity index (χ0) is 12.8. The molecule has 1 amide bonds. The summed E-state index contributed by atoms with van der Waals surface area (Å²) in [5.74, 6) is 0.475. The summed E-state index contributed by atoms with van der Waals surface area (Å²) in [5, 5.41) is 2.86. The highest BCUT2D eigenvalue weighted by Crippen LogP contribution is 2.06. The number of rotatable bonds is 5. The minimum absolute atomic E-state index is 0.0175. The summed E-state index contributed by atoms with van der Waals surface area (Å²) in [4.78, 5) is 11.8. The van der Waals surface area contributed by atoms with Gasteiger partial charge in [0.15, 0.2) is 0 Å². The minimum atomic E-state index is -0.816. The van der Waals surface area contributed by atoms with Crippen LogP contribution in [-0.4, -0.2) is 28.2 Å². The summed E-state index contributed by atoms with van der Waals surface area (Å²) in [5.41, 5.74) is 6.77. The molecule has 3 N–H and O–H groups in total. The van der Waals surface area contributed by atoms with Crippen LogP contribution in [0.2, 0.25) is 0 Å². The van der Waals surface area contributed by atoms with Crippen LogP contribution in [0.3, 0.4) is 0 Å². The van der Waals surface area contributed by atoms with Gasteiger partial charge < -0.3 is 11.1 Å². The molecule has 94 valence electrons. The Morgan fingerprint density at radius 2 is 2.00 bits per heavy atom. The van der Waals surface area contributed by atoms with Crippen molar-refractivity contribution in [1.82, 2.24) is 5.32 Å². The zero-order valence-electron chi connectivity index (χ0n) is 10.1. The molecule has 0 heterocycles. The Morgan fingerprint density at radius 1 is 1.41 bits per heavy atom. The van der Waals surface area contributed by atoms with Crippen LogP contribution in [0.5, 0.6) is 0 Å². The van der Waals surface area contributed by atoms with Gasteiger partial charge in [-0.2, -0.15) is 0 Å². The van der Waals surface area contributed by atoms with Crippen molar-refractivity contribution in [3.63, 3.8) is 0 Å². The number of hydrogen-bond donors (Lipinski definition) is 2. The molecule has 0 fully saturated rings. The van der Waals surface area contributed by atoms with Crippen molar-refractivity contribution in [3.8, 4) is 0 Å². The second-order valence-corrected chi connectivity index (χ2v) is 5.62. The lowest BCUT2D eigenvalue weighted by Gasteiger charge is -2.13. The zero-order valence-corrected chi connectivity index (χ0v) is 10.9. The number of nitrogens with two attached hydrogens (primary N) is 1. The van der Waals surface area contributed by atoms with Crippen LogP contribution in [0, 0.1) is 0 Å². The molecule has 17 heavy (non-hydrogen) atoms. The van der Waals surface area contributed by atoms with Gasteiger partial charge in [-0.15, -0.1) is 0 Å². The van der Waals surface area contributed by atoms with Crippen LogP contribution >= 0.6 is 0 Å². The predicted molar refractivity (Wildman–Crippen MR) is 71.3 cm³/mol. The van der Waals surface area contributed by atoms with E-state index < -0.39 is 10.8 Å². The molecule has 1 rings (SSSR count). The summed E-state index contributed by atoms with van der Waals surface area (Å²) in [6.07, 6.45) is 2.37. The highest BCUT2D eigenvalue weighted by molar-refractivity contribution is 7.84. The summed E-state index contributed by atoms with van der Waals surface area (Å²) >= 11 is 0. The van der Waals surface area contributed by atoms with E-state index in [0.717, 1.165) is 0 Å². The van der Waals surface area contributed by atoms with Gasteiger partial charge in [-0.25, -0.2) is 0 Å². The third-order valence-electron chi connectivity index (χ3n) is 2.39. The van der Waals surface area contributed by atoms with Gasteiger partial charge in [0.1, 0.15) is 0 Å². The standard InChI is InChI=1S/C12H18N2O2S/c1-9(7-8-17(2)16)14-12(15)10-3-5-11(13)6-4-10/h3-6,9H,7-8,13H2,1-2H3,(H,14,15). The minimum Gasteiger partial charge on any atom is -0.399 e. The number of carbonyl (C=O) groups excluding carboxylic acids is 1. The number of amides is 1. The summed E-state index contributed by atoms with van der Waals surface area (Å²) in [7, 11) is -0.816. The molecule has 0 saturated heterocycles. The molecule has 5 heteroatoms. The first kappa shape index (κ1) is 13.7. The van der Waals surface area contributed by atoms with E-state index in [0.29, 0.717) is 23.4 Å². The third kappa shape index (κ3) is 4.99. The van der Waals surface area contributed by atoms with Gasteiger partial charge in [-0.05, 0) is 37.6 Å². The molecule has 0 radical (unpaired) electrons. The molecule has 4 nitrogen and oxygen atoms in total. The lowest BCUT2D eigenvalue weighted by Crippen LogP contribution is -2.33. The molecule has 1 aromatic carbocycles. The number of anilines is 1. The second kappa shape index (κ2) is 6.39. The Balaban J connectivity index is 2.48. The van der Waals surface area contributed by atoms with Crippen molar-refractivity contribution in [2.24, 2.45) is 0 Å². The fourth-order valence-electron chi connectivity index (χ4n) is 1.36. The van der Waals surface area contributed by atoms with Crippen molar-refractivity contribution in [2.75, 3.05) is 17.7 Å². The first-order chi connectivity index (χ1) is 7.99. The van der Waals surface area contributed by atoms with E-state index in [1.54, 1.807) is 30.5 Å². The molecule has 2 atom stereocenters. The van der Waals surface area contributed by atoms with Gasteiger partial charge in [0.25, 0.3) is 5.91 Å². The number of hydrogen-bond acceptors (Lipinski definition) is 3. The number of benzene rings is 1. The van der Waals surface area contributed by atoms with Crippen LogP contribution in [0.15, 0.2) is 24.3 Å². The average Bonchev–Trinajstić information content (AvgIpc) is 2.27. The van der Waals surface area contributed by atoms with Crippen molar-refractivity contribution < 1.29 is 9.00 Å². The topological polar surface area (TPSA) is 72.2 Å². The summed E-state index contributed by atoms with van der Waals surface area (Å²) in [6.45, 7) is 1.90. The lowest BCUT2D eigenvalue weighted by molar-refractivity contribution is 0.0939. The highest BCUT2D eigenvalue weighted by atomic mass is 32.2. The lowest BCUT2D eigenvalue weighted by atomic mass is 10.1. The van der Waals surface area contributed by atoms with E-state index in [9.17, 15) is 9.00 Å². The van der Waals surface area contributed by atoms with Crippen LogP contribution < -0.4 is 11.1 Å². The van der Waals surface area contributed by atoms with Gasteiger partial charge in [0.05, 0.1) is 0 Å². The van der Waals surface area contributed by atoms with E-state index >= 15 is 0 Å². The SMILES string of the molecule is CC(CCS(C)=O)NC(=O)c1ccc(N)cc1. The Bertz CT molecular complexity index is 403. The molecule has 0 aromatic heterocycles. The highest BCUT2D eigenvalue weighted by Gasteiger charge is 2.09. The van der Waals surface area contributed by atoms with Crippen LogP contribution in [0.4, 0.5) is 5.69 Å². The molecule has 0 aliphatic carbocycles. The Labute approximate surface area is 104 Å². The van der Waals surface area contributed by atoms with E-state index in [4.69, 9.17) is 5.73 Å². The number of nitrogen functional groups attached to an aromatic ring is 1. The molecule has 2 unspecified atom stereocenters. The van der Waals surface area contributed by atoms with Crippen molar-refractivity contribution >= 4 is 22.4 Å². The molecule has 0 spiro atoms. The normalized spacial score (nSPS) is 14.0. The number of carbonyl (C=O) groups is 1. The smallest absolute Gasteiger partial charge is 0.251 e.